The fraction of sp³-hybridized carbons (Fsp3) is 0.130. The Bertz CT molecular complexity index is 1150. The number of likely N-dealkylation sites (tertiary alicyclic amines) is 1. The monoisotopic (exact) mass is 425 g/mol. The molecule has 152 valence electrons. The number of Topliss-reactive ketones (excluding diaryl/α,β-unsaturated/α-hetero) is 1. The molecule has 2 aromatic carbocycles. The first-order valence-electron chi connectivity index (χ1n) is 9.19. The molecule has 7 heteroatoms. The zero-order chi connectivity index (χ0) is 21.4. The number of furan rings is 1. The van der Waals surface area contributed by atoms with Gasteiger partial charge < -0.3 is 14.4 Å². The third-order valence-corrected chi connectivity index (χ3v) is 5.33. The molecule has 5 nitrogen and oxygen atoms in total. The summed E-state index contributed by atoms with van der Waals surface area (Å²) < 4.78 is 19.4. The van der Waals surface area contributed by atoms with Crippen LogP contribution >= 0.6 is 11.6 Å². The van der Waals surface area contributed by atoms with Gasteiger partial charge in [0, 0.05) is 10.6 Å². The van der Waals surface area contributed by atoms with Crippen LogP contribution in [0, 0.1) is 12.7 Å². The van der Waals surface area contributed by atoms with E-state index < -0.39 is 29.3 Å². The van der Waals surface area contributed by atoms with Crippen LogP contribution in [0.2, 0.25) is 5.02 Å². The highest BCUT2D eigenvalue weighted by molar-refractivity contribution is 6.46. The van der Waals surface area contributed by atoms with Crippen molar-refractivity contribution < 1.29 is 23.5 Å². The van der Waals surface area contributed by atoms with Crippen LogP contribution in [-0.4, -0.2) is 21.7 Å². The number of hydrogen-bond donors (Lipinski definition) is 1. The van der Waals surface area contributed by atoms with E-state index in [0.29, 0.717) is 21.9 Å². The van der Waals surface area contributed by atoms with Gasteiger partial charge in [-0.05, 0) is 48.4 Å². The largest absolute Gasteiger partial charge is 0.507 e. The smallest absolute Gasteiger partial charge is 0.296 e. The molecule has 1 aliphatic rings. The molecule has 1 aliphatic heterocycles. The van der Waals surface area contributed by atoms with E-state index in [2.05, 4.69) is 0 Å². The number of benzene rings is 2. The molecule has 0 saturated carbocycles. The number of aliphatic hydroxyl groups is 1. The average Bonchev–Trinajstić information content (AvgIpc) is 3.33. The molecule has 1 amide bonds. The highest BCUT2D eigenvalue weighted by Crippen LogP contribution is 2.40. The lowest BCUT2D eigenvalue weighted by atomic mass is 9.95. The van der Waals surface area contributed by atoms with Crippen LogP contribution in [0.25, 0.3) is 5.76 Å². The standard InChI is InChI=1S/C23H17ClFNO4/c1-13-4-5-15(11-18(13)25)21(27)19-20(14-6-8-16(24)9-7-14)26(23(29)22(19)28)12-17-3-2-10-30-17/h2-11,20,27H,12H2,1H3/t20-/m1/s1. The van der Waals surface area contributed by atoms with Crippen molar-refractivity contribution in [3.8, 4) is 0 Å². The molecule has 0 aliphatic carbocycles. The number of carbonyl (C=O) groups is 2. The topological polar surface area (TPSA) is 70.8 Å². The van der Waals surface area contributed by atoms with E-state index in [0.717, 1.165) is 6.07 Å². The molecule has 1 atom stereocenters. The van der Waals surface area contributed by atoms with Crippen LogP contribution in [-0.2, 0) is 16.1 Å². The molecule has 0 unspecified atom stereocenters. The van der Waals surface area contributed by atoms with Gasteiger partial charge in [0.15, 0.2) is 0 Å². The van der Waals surface area contributed by atoms with Crippen LogP contribution in [0.5, 0.6) is 0 Å². The van der Waals surface area contributed by atoms with E-state index in [-0.39, 0.29) is 17.7 Å². The predicted molar refractivity (Wildman–Crippen MR) is 109 cm³/mol. The van der Waals surface area contributed by atoms with Gasteiger partial charge in [0.05, 0.1) is 24.4 Å². The number of rotatable bonds is 4. The van der Waals surface area contributed by atoms with Gasteiger partial charge in [-0.25, -0.2) is 4.39 Å². The molecule has 4 rings (SSSR count). The number of carbonyl (C=O) groups excluding carboxylic acids is 2. The highest BCUT2D eigenvalue weighted by Gasteiger charge is 2.46. The van der Waals surface area contributed by atoms with E-state index in [9.17, 15) is 19.1 Å². The summed E-state index contributed by atoms with van der Waals surface area (Å²) in [7, 11) is 0. The molecule has 1 N–H and O–H groups in total. The maximum atomic E-state index is 14.1. The Hall–Kier alpha value is -3.38. The zero-order valence-corrected chi connectivity index (χ0v) is 16.7. The van der Waals surface area contributed by atoms with Gasteiger partial charge in [-0.15, -0.1) is 0 Å². The number of amides is 1. The van der Waals surface area contributed by atoms with Crippen molar-refractivity contribution in [2.45, 2.75) is 19.5 Å². The Morgan fingerprint density at radius 2 is 1.90 bits per heavy atom. The number of aryl methyl sites for hydroxylation is 1. The zero-order valence-electron chi connectivity index (χ0n) is 15.9. The van der Waals surface area contributed by atoms with Gasteiger partial charge in [-0.1, -0.05) is 35.9 Å². The lowest BCUT2D eigenvalue weighted by molar-refractivity contribution is -0.140. The number of aliphatic hydroxyl groups excluding tert-OH is 1. The normalized spacial score (nSPS) is 18.2. The summed E-state index contributed by atoms with van der Waals surface area (Å²) in [4.78, 5) is 27.1. The minimum atomic E-state index is -0.878. The van der Waals surface area contributed by atoms with Crippen molar-refractivity contribution in [1.29, 1.82) is 0 Å². The Morgan fingerprint density at radius 3 is 2.53 bits per heavy atom. The molecule has 1 saturated heterocycles. The summed E-state index contributed by atoms with van der Waals surface area (Å²) in [5.74, 6) is -2.10. The first kappa shape index (κ1) is 19.9. The summed E-state index contributed by atoms with van der Waals surface area (Å²) in [5.41, 5.74) is 0.989. The SMILES string of the molecule is Cc1ccc(C(O)=C2C(=O)C(=O)N(Cc3ccco3)[C@@H]2c2ccc(Cl)cc2)cc1F. The Morgan fingerprint density at radius 1 is 1.17 bits per heavy atom. The summed E-state index contributed by atoms with van der Waals surface area (Å²) in [6, 6.07) is 13.3. The lowest BCUT2D eigenvalue weighted by Crippen LogP contribution is -2.29. The maximum absolute atomic E-state index is 14.1. The van der Waals surface area contributed by atoms with Gasteiger partial charge in [0.25, 0.3) is 11.7 Å². The summed E-state index contributed by atoms with van der Waals surface area (Å²) in [5, 5.41) is 11.4. The Balaban J connectivity index is 1.87. The second-order valence-corrected chi connectivity index (χ2v) is 7.46. The first-order chi connectivity index (χ1) is 14.4. The molecule has 30 heavy (non-hydrogen) atoms. The molecule has 2 heterocycles. The van der Waals surface area contributed by atoms with Crippen molar-refractivity contribution in [2.24, 2.45) is 0 Å². The van der Waals surface area contributed by atoms with Gasteiger partial charge in [-0.2, -0.15) is 0 Å². The Labute approximate surface area is 177 Å². The Kier molecular flexibility index (Phi) is 5.18. The third kappa shape index (κ3) is 3.50. The van der Waals surface area contributed by atoms with Gasteiger partial charge in [-0.3, -0.25) is 9.59 Å². The molecular formula is C23H17ClFNO4. The number of halogens is 2. The van der Waals surface area contributed by atoms with Crippen LogP contribution in [0.1, 0.15) is 28.5 Å². The molecular weight excluding hydrogens is 409 g/mol. The van der Waals surface area contributed by atoms with Crippen molar-refractivity contribution >= 4 is 29.1 Å². The second-order valence-electron chi connectivity index (χ2n) is 7.02. The van der Waals surface area contributed by atoms with E-state index in [4.69, 9.17) is 16.0 Å². The lowest BCUT2D eigenvalue weighted by Gasteiger charge is -2.24. The summed E-state index contributed by atoms with van der Waals surface area (Å²) in [6.07, 6.45) is 1.47. The number of hydrogen-bond acceptors (Lipinski definition) is 4. The van der Waals surface area contributed by atoms with Gasteiger partial charge in [0.2, 0.25) is 0 Å². The predicted octanol–water partition coefficient (Wildman–Crippen LogP) is 5.00. The minimum absolute atomic E-state index is 0.0317. The summed E-state index contributed by atoms with van der Waals surface area (Å²) in [6.45, 7) is 1.62. The number of nitrogens with zero attached hydrogens (tertiary/aromatic N) is 1. The highest BCUT2D eigenvalue weighted by atomic mass is 35.5. The van der Waals surface area contributed by atoms with Crippen molar-refractivity contribution in [3.63, 3.8) is 0 Å². The molecule has 1 aromatic heterocycles. The van der Waals surface area contributed by atoms with Crippen LogP contribution in [0.3, 0.4) is 0 Å². The molecule has 0 bridgehead atoms. The third-order valence-electron chi connectivity index (χ3n) is 5.08. The van der Waals surface area contributed by atoms with E-state index in [1.807, 2.05) is 0 Å². The van der Waals surface area contributed by atoms with Crippen LogP contribution in [0.15, 0.2) is 70.9 Å². The fourth-order valence-corrected chi connectivity index (χ4v) is 3.63. The molecule has 0 radical (unpaired) electrons. The van der Waals surface area contributed by atoms with Crippen molar-refractivity contribution in [3.05, 3.63) is 99.7 Å². The molecule has 3 aromatic rings. The summed E-state index contributed by atoms with van der Waals surface area (Å²) >= 11 is 5.99. The van der Waals surface area contributed by atoms with Crippen LogP contribution < -0.4 is 0 Å². The minimum Gasteiger partial charge on any atom is -0.507 e. The maximum Gasteiger partial charge on any atom is 0.296 e. The van der Waals surface area contributed by atoms with E-state index in [1.54, 1.807) is 43.3 Å². The van der Waals surface area contributed by atoms with Crippen LogP contribution in [0.4, 0.5) is 4.39 Å². The first-order valence-corrected chi connectivity index (χ1v) is 9.57. The van der Waals surface area contributed by atoms with Crippen molar-refractivity contribution in [1.82, 2.24) is 4.90 Å². The molecule has 1 fully saturated rings. The average molecular weight is 426 g/mol. The fourth-order valence-electron chi connectivity index (χ4n) is 3.50. The van der Waals surface area contributed by atoms with Gasteiger partial charge >= 0.3 is 0 Å². The second kappa shape index (κ2) is 7.80. The van der Waals surface area contributed by atoms with Gasteiger partial charge in [0.1, 0.15) is 17.3 Å². The number of ketones is 1. The van der Waals surface area contributed by atoms with E-state index in [1.165, 1.54) is 23.3 Å². The van der Waals surface area contributed by atoms with E-state index >= 15 is 0 Å². The van der Waals surface area contributed by atoms with Crippen molar-refractivity contribution in [2.75, 3.05) is 0 Å². The quantitative estimate of drug-likeness (QED) is 0.362. The molecule has 0 spiro atoms.